The summed E-state index contributed by atoms with van der Waals surface area (Å²) in [6.07, 6.45) is 5.30. The van der Waals surface area contributed by atoms with Crippen molar-refractivity contribution in [1.29, 1.82) is 5.26 Å². The molecule has 0 N–H and O–H groups in total. The fourth-order valence-electron chi connectivity index (χ4n) is 1.92. The fourth-order valence-corrected chi connectivity index (χ4v) is 1.92. The zero-order valence-electron chi connectivity index (χ0n) is 12.9. The summed E-state index contributed by atoms with van der Waals surface area (Å²) in [7, 11) is 3.37. The Kier molecular flexibility index (Phi) is 3.93. The summed E-state index contributed by atoms with van der Waals surface area (Å²) in [5.41, 5.74) is 1.47. The third kappa shape index (κ3) is 3.45. The molecule has 2 heterocycles. The number of hydrogen-bond acceptors (Lipinski definition) is 6. The lowest BCUT2D eigenvalue weighted by Gasteiger charge is -2.09. The minimum absolute atomic E-state index is 0.0799. The SMILES string of the molecule is CN(C)C(=O)Cn1cc(-c2ncc(C#N)cc2OC2CC2)nn1. The van der Waals surface area contributed by atoms with Crippen molar-refractivity contribution in [2.24, 2.45) is 0 Å². The summed E-state index contributed by atoms with van der Waals surface area (Å²) in [5.74, 6) is 0.446. The van der Waals surface area contributed by atoms with Crippen molar-refractivity contribution in [2.45, 2.75) is 25.5 Å². The molecule has 1 aliphatic rings. The van der Waals surface area contributed by atoms with E-state index in [0.717, 1.165) is 12.8 Å². The van der Waals surface area contributed by atoms with Gasteiger partial charge in [-0.3, -0.25) is 4.79 Å². The van der Waals surface area contributed by atoms with Gasteiger partial charge in [-0.15, -0.1) is 5.10 Å². The fraction of sp³-hybridized carbons (Fsp3) is 0.400. The smallest absolute Gasteiger partial charge is 0.243 e. The Balaban J connectivity index is 1.87. The van der Waals surface area contributed by atoms with Crippen molar-refractivity contribution in [3.05, 3.63) is 24.0 Å². The molecule has 0 saturated heterocycles. The van der Waals surface area contributed by atoms with Crippen LogP contribution in [0.15, 0.2) is 18.5 Å². The summed E-state index contributed by atoms with van der Waals surface area (Å²) in [5, 5.41) is 17.0. The predicted octanol–water partition coefficient (Wildman–Crippen LogP) is 0.841. The van der Waals surface area contributed by atoms with Crippen LogP contribution in [0.1, 0.15) is 18.4 Å². The van der Waals surface area contributed by atoms with E-state index < -0.39 is 0 Å². The Hall–Kier alpha value is -2.95. The predicted molar refractivity (Wildman–Crippen MR) is 80.3 cm³/mol. The molecular weight excluding hydrogens is 296 g/mol. The van der Waals surface area contributed by atoms with Crippen LogP contribution in [0, 0.1) is 11.3 Å². The summed E-state index contributed by atoms with van der Waals surface area (Å²) in [6, 6.07) is 3.71. The Morgan fingerprint density at radius 1 is 1.52 bits per heavy atom. The number of aromatic nitrogens is 4. The highest BCUT2D eigenvalue weighted by Crippen LogP contribution is 2.33. The Morgan fingerprint density at radius 3 is 2.96 bits per heavy atom. The highest BCUT2D eigenvalue weighted by atomic mass is 16.5. The monoisotopic (exact) mass is 312 g/mol. The van der Waals surface area contributed by atoms with E-state index in [-0.39, 0.29) is 18.6 Å². The van der Waals surface area contributed by atoms with Gasteiger partial charge in [0.2, 0.25) is 5.91 Å². The average Bonchev–Trinajstić information content (AvgIpc) is 3.23. The average molecular weight is 312 g/mol. The number of nitriles is 1. The lowest BCUT2D eigenvalue weighted by Crippen LogP contribution is -2.26. The second-order valence-electron chi connectivity index (χ2n) is 5.59. The van der Waals surface area contributed by atoms with Crippen molar-refractivity contribution < 1.29 is 9.53 Å². The number of ether oxygens (including phenoxy) is 1. The van der Waals surface area contributed by atoms with Crippen molar-refractivity contribution in [3.63, 3.8) is 0 Å². The largest absolute Gasteiger partial charge is 0.488 e. The molecule has 2 aromatic rings. The number of carbonyl (C=O) groups excluding carboxylic acids is 1. The van der Waals surface area contributed by atoms with Gasteiger partial charge in [0.05, 0.1) is 17.9 Å². The molecule has 1 fully saturated rings. The summed E-state index contributed by atoms with van der Waals surface area (Å²) in [4.78, 5) is 17.5. The van der Waals surface area contributed by atoms with Gasteiger partial charge in [-0.05, 0) is 12.8 Å². The van der Waals surface area contributed by atoms with E-state index in [0.29, 0.717) is 22.7 Å². The standard InChI is InChI=1S/C15H16N6O2/c1-20(2)14(22)9-21-8-12(18-19-21)15-13(23-11-3-4-11)5-10(6-16)7-17-15/h5,7-8,11H,3-4,9H2,1-2H3. The van der Waals surface area contributed by atoms with Crippen LogP contribution in [0.5, 0.6) is 5.75 Å². The van der Waals surface area contributed by atoms with E-state index in [9.17, 15) is 4.79 Å². The lowest BCUT2D eigenvalue weighted by molar-refractivity contribution is -0.129. The molecule has 0 aliphatic heterocycles. The zero-order chi connectivity index (χ0) is 16.4. The van der Waals surface area contributed by atoms with Crippen LogP contribution >= 0.6 is 0 Å². The van der Waals surface area contributed by atoms with Crippen LogP contribution in [-0.4, -0.2) is 51.0 Å². The molecule has 1 aliphatic carbocycles. The number of hydrogen-bond donors (Lipinski definition) is 0. The van der Waals surface area contributed by atoms with Gasteiger partial charge in [0.1, 0.15) is 29.8 Å². The first kappa shape index (κ1) is 15.0. The van der Waals surface area contributed by atoms with Gasteiger partial charge in [0.15, 0.2) is 0 Å². The first-order chi connectivity index (χ1) is 11.1. The number of amides is 1. The number of likely N-dealkylation sites (N-methyl/N-ethyl adjacent to an activating group) is 1. The number of pyridine rings is 1. The second-order valence-corrected chi connectivity index (χ2v) is 5.59. The van der Waals surface area contributed by atoms with Crippen LogP contribution in [-0.2, 0) is 11.3 Å². The molecule has 0 radical (unpaired) electrons. The maximum atomic E-state index is 11.7. The minimum Gasteiger partial charge on any atom is -0.488 e. The van der Waals surface area contributed by atoms with Gasteiger partial charge in [0, 0.05) is 26.4 Å². The summed E-state index contributed by atoms with van der Waals surface area (Å²) >= 11 is 0. The highest BCUT2D eigenvalue weighted by Gasteiger charge is 2.26. The Labute approximate surface area is 133 Å². The first-order valence-corrected chi connectivity index (χ1v) is 7.24. The van der Waals surface area contributed by atoms with Gasteiger partial charge in [-0.1, -0.05) is 5.21 Å². The molecule has 118 valence electrons. The topological polar surface area (TPSA) is 96.9 Å². The highest BCUT2D eigenvalue weighted by molar-refractivity contribution is 5.75. The molecule has 2 aromatic heterocycles. The van der Waals surface area contributed by atoms with E-state index >= 15 is 0 Å². The van der Waals surface area contributed by atoms with Crippen LogP contribution in [0.2, 0.25) is 0 Å². The molecule has 0 bridgehead atoms. The summed E-state index contributed by atoms with van der Waals surface area (Å²) in [6.45, 7) is 0.106. The van der Waals surface area contributed by atoms with Crippen molar-refractivity contribution >= 4 is 5.91 Å². The van der Waals surface area contributed by atoms with E-state index in [1.54, 1.807) is 26.4 Å². The van der Waals surface area contributed by atoms with E-state index in [4.69, 9.17) is 10.00 Å². The van der Waals surface area contributed by atoms with Gasteiger partial charge in [-0.2, -0.15) is 5.26 Å². The van der Waals surface area contributed by atoms with Crippen LogP contribution in [0.25, 0.3) is 11.4 Å². The minimum atomic E-state index is -0.0799. The van der Waals surface area contributed by atoms with Crippen LogP contribution in [0.3, 0.4) is 0 Å². The second kappa shape index (κ2) is 6.04. The van der Waals surface area contributed by atoms with Gasteiger partial charge >= 0.3 is 0 Å². The molecule has 8 heteroatoms. The van der Waals surface area contributed by atoms with Crippen LogP contribution < -0.4 is 4.74 Å². The molecule has 1 amide bonds. The molecule has 1 saturated carbocycles. The van der Waals surface area contributed by atoms with Crippen molar-refractivity contribution in [1.82, 2.24) is 24.9 Å². The molecule has 3 rings (SSSR count). The van der Waals surface area contributed by atoms with E-state index in [2.05, 4.69) is 15.3 Å². The molecule has 23 heavy (non-hydrogen) atoms. The maximum absolute atomic E-state index is 11.7. The molecule has 8 nitrogen and oxygen atoms in total. The summed E-state index contributed by atoms with van der Waals surface area (Å²) < 4.78 is 7.27. The number of carbonyl (C=O) groups is 1. The lowest BCUT2D eigenvalue weighted by atomic mass is 10.2. The van der Waals surface area contributed by atoms with E-state index in [1.165, 1.54) is 15.8 Å². The van der Waals surface area contributed by atoms with E-state index in [1.807, 2.05) is 6.07 Å². The Bertz CT molecular complexity index is 773. The molecule has 0 spiro atoms. The molecular formula is C15H16N6O2. The van der Waals surface area contributed by atoms with Gasteiger partial charge in [0.25, 0.3) is 0 Å². The van der Waals surface area contributed by atoms with Crippen molar-refractivity contribution in [3.8, 4) is 23.2 Å². The third-order valence-electron chi connectivity index (χ3n) is 3.38. The maximum Gasteiger partial charge on any atom is 0.243 e. The van der Waals surface area contributed by atoms with Crippen molar-refractivity contribution in [2.75, 3.05) is 14.1 Å². The zero-order valence-corrected chi connectivity index (χ0v) is 12.9. The Morgan fingerprint density at radius 2 is 2.30 bits per heavy atom. The third-order valence-corrected chi connectivity index (χ3v) is 3.38. The number of nitrogens with zero attached hydrogens (tertiary/aromatic N) is 6. The first-order valence-electron chi connectivity index (χ1n) is 7.24. The molecule has 0 aromatic carbocycles. The quantitative estimate of drug-likeness (QED) is 0.811. The van der Waals surface area contributed by atoms with Gasteiger partial charge < -0.3 is 9.64 Å². The normalized spacial score (nSPS) is 13.4. The number of rotatable bonds is 5. The van der Waals surface area contributed by atoms with Crippen LogP contribution in [0.4, 0.5) is 0 Å². The molecule has 0 atom stereocenters. The van der Waals surface area contributed by atoms with Gasteiger partial charge in [-0.25, -0.2) is 9.67 Å². The molecule has 0 unspecified atom stereocenters.